The van der Waals surface area contributed by atoms with Crippen LogP contribution in [-0.4, -0.2) is 25.2 Å². The highest BCUT2D eigenvalue weighted by Crippen LogP contribution is 2.38. The standard InChI is InChI=1S/C11H19NO2/c1-2-14-11(13)6-10-9-5-3-4-8(9)7-12-10/h8-10,12H,2-7H2,1H3/t8-,9-,10-/m0/s1. The summed E-state index contributed by atoms with van der Waals surface area (Å²) in [6.07, 6.45) is 4.55. The van der Waals surface area contributed by atoms with Gasteiger partial charge >= 0.3 is 5.97 Å². The first-order chi connectivity index (χ1) is 6.81. The number of esters is 1. The van der Waals surface area contributed by atoms with Gasteiger partial charge in [-0.05, 0) is 38.1 Å². The average Bonchev–Trinajstić information content (AvgIpc) is 2.70. The van der Waals surface area contributed by atoms with Crippen LogP contribution in [0.2, 0.25) is 0 Å². The molecule has 14 heavy (non-hydrogen) atoms. The number of carbonyl (C=O) groups excluding carboxylic acids is 1. The van der Waals surface area contributed by atoms with Gasteiger partial charge in [-0.2, -0.15) is 0 Å². The summed E-state index contributed by atoms with van der Waals surface area (Å²) in [5.41, 5.74) is 0. The Morgan fingerprint density at radius 1 is 1.50 bits per heavy atom. The van der Waals surface area contributed by atoms with Gasteiger partial charge in [0.25, 0.3) is 0 Å². The SMILES string of the molecule is CCOC(=O)C[C@@H]1NC[C@@H]2CCC[C@@H]21. The molecule has 1 saturated carbocycles. The molecule has 1 N–H and O–H groups in total. The summed E-state index contributed by atoms with van der Waals surface area (Å²) in [6.45, 7) is 3.47. The summed E-state index contributed by atoms with van der Waals surface area (Å²) in [4.78, 5) is 11.3. The third-order valence-corrected chi connectivity index (χ3v) is 3.57. The van der Waals surface area contributed by atoms with E-state index in [1.807, 2.05) is 6.92 Å². The van der Waals surface area contributed by atoms with Gasteiger partial charge in [0, 0.05) is 6.04 Å². The molecule has 0 radical (unpaired) electrons. The molecule has 0 spiro atoms. The molecule has 3 atom stereocenters. The maximum Gasteiger partial charge on any atom is 0.307 e. The monoisotopic (exact) mass is 197 g/mol. The maximum absolute atomic E-state index is 11.3. The van der Waals surface area contributed by atoms with E-state index >= 15 is 0 Å². The van der Waals surface area contributed by atoms with Crippen LogP contribution < -0.4 is 5.32 Å². The van der Waals surface area contributed by atoms with E-state index in [2.05, 4.69) is 5.32 Å². The lowest BCUT2D eigenvalue weighted by Crippen LogP contribution is -2.30. The summed E-state index contributed by atoms with van der Waals surface area (Å²) in [7, 11) is 0. The highest BCUT2D eigenvalue weighted by Gasteiger charge is 2.39. The molecule has 0 aromatic heterocycles. The highest BCUT2D eigenvalue weighted by molar-refractivity contribution is 5.70. The molecular weight excluding hydrogens is 178 g/mol. The van der Waals surface area contributed by atoms with Crippen LogP contribution in [0.3, 0.4) is 0 Å². The van der Waals surface area contributed by atoms with Gasteiger partial charge in [-0.3, -0.25) is 4.79 Å². The van der Waals surface area contributed by atoms with E-state index in [9.17, 15) is 4.79 Å². The van der Waals surface area contributed by atoms with Crippen molar-refractivity contribution in [1.82, 2.24) is 5.32 Å². The Bertz CT molecular complexity index is 217. The maximum atomic E-state index is 11.3. The van der Waals surface area contributed by atoms with Gasteiger partial charge in [-0.15, -0.1) is 0 Å². The number of ether oxygens (including phenoxy) is 1. The minimum atomic E-state index is -0.0439. The molecular formula is C11H19NO2. The molecule has 2 aliphatic rings. The first-order valence-corrected chi connectivity index (χ1v) is 5.70. The third kappa shape index (κ3) is 1.92. The Hall–Kier alpha value is -0.570. The first kappa shape index (κ1) is 9.97. The summed E-state index contributed by atoms with van der Waals surface area (Å²) in [6, 6.07) is 0.390. The van der Waals surface area contributed by atoms with Gasteiger partial charge in [0.05, 0.1) is 13.0 Å². The molecule has 3 nitrogen and oxygen atoms in total. The smallest absolute Gasteiger partial charge is 0.307 e. The molecule has 0 bridgehead atoms. The van der Waals surface area contributed by atoms with E-state index in [4.69, 9.17) is 4.74 Å². The Morgan fingerprint density at radius 2 is 2.36 bits per heavy atom. The predicted molar refractivity (Wildman–Crippen MR) is 53.9 cm³/mol. The molecule has 0 unspecified atom stereocenters. The van der Waals surface area contributed by atoms with Gasteiger partial charge in [0.2, 0.25) is 0 Å². The second-order valence-corrected chi connectivity index (χ2v) is 4.38. The number of carbonyl (C=O) groups is 1. The Labute approximate surface area is 85.2 Å². The first-order valence-electron chi connectivity index (χ1n) is 5.70. The molecule has 1 heterocycles. The van der Waals surface area contributed by atoms with Gasteiger partial charge < -0.3 is 10.1 Å². The van der Waals surface area contributed by atoms with Crippen LogP contribution in [0.5, 0.6) is 0 Å². The normalized spacial score (nSPS) is 35.6. The lowest BCUT2D eigenvalue weighted by Gasteiger charge is -2.16. The van der Waals surface area contributed by atoms with Crippen molar-refractivity contribution < 1.29 is 9.53 Å². The average molecular weight is 197 g/mol. The minimum absolute atomic E-state index is 0.0439. The van der Waals surface area contributed by atoms with E-state index in [0.29, 0.717) is 19.1 Å². The van der Waals surface area contributed by atoms with E-state index in [1.54, 1.807) is 0 Å². The van der Waals surface area contributed by atoms with Gasteiger partial charge in [-0.25, -0.2) is 0 Å². The predicted octanol–water partition coefficient (Wildman–Crippen LogP) is 1.33. The van der Waals surface area contributed by atoms with Crippen LogP contribution in [0, 0.1) is 11.8 Å². The minimum Gasteiger partial charge on any atom is -0.466 e. The molecule has 0 amide bonds. The molecule has 2 rings (SSSR count). The zero-order valence-corrected chi connectivity index (χ0v) is 8.79. The topological polar surface area (TPSA) is 38.3 Å². The van der Waals surface area contributed by atoms with Crippen molar-refractivity contribution in [2.24, 2.45) is 11.8 Å². The second-order valence-electron chi connectivity index (χ2n) is 4.38. The molecule has 0 aromatic carbocycles. The summed E-state index contributed by atoms with van der Waals surface area (Å²) in [5.74, 6) is 1.52. The Morgan fingerprint density at radius 3 is 3.14 bits per heavy atom. The Balaban J connectivity index is 1.83. The van der Waals surface area contributed by atoms with E-state index < -0.39 is 0 Å². The van der Waals surface area contributed by atoms with Crippen molar-refractivity contribution >= 4 is 5.97 Å². The van der Waals surface area contributed by atoms with Crippen LogP contribution in [0.1, 0.15) is 32.6 Å². The lowest BCUT2D eigenvalue weighted by molar-refractivity contribution is -0.143. The van der Waals surface area contributed by atoms with E-state index in [-0.39, 0.29) is 5.97 Å². The summed E-state index contributed by atoms with van der Waals surface area (Å²) < 4.78 is 4.97. The molecule has 2 fully saturated rings. The largest absolute Gasteiger partial charge is 0.466 e. The van der Waals surface area contributed by atoms with E-state index in [1.165, 1.54) is 19.3 Å². The van der Waals surface area contributed by atoms with Gasteiger partial charge in [0.15, 0.2) is 0 Å². The molecule has 3 heteroatoms. The fourth-order valence-electron chi connectivity index (χ4n) is 2.93. The van der Waals surface area contributed by atoms with Crippen molar-refractivity contribution in [3.05, 3.63) is 0 Å². The van der Waals surface area contributed by atoms with Crippen LogP contribution in [0.25, 0.3) is 0 Å². The quantitative estimate of drug-likeness (QED) is 0.694. The fraction of sp³-hybridized carbons (Fsp3) is 0.909. The van der Waals surface area contributed by atoms with Crippen molar-refractivity contribution in [2.45, 2.75) is 38.6 Å². The highest BCUT2D eigenvalue weighted by atomic mass is 16.5. The van der Waals surface area contributed by atoms with Crippen LogP contribution in [0.15, 0.2) is 0 Å². The van der Waals surface area contributed by atoms with Crippen LogP contribution >= 0.6 is 0 Å². The number of nitrogens with one attached hydrogen (secondary N) is 1. The van der Waals surface area contributed by atoms with Crippen molar-refractivity contribution in [2.75, 3.05) is 13.2 Å². The third-order valence-electron chi connectivity index (χ3n) is 3.57. The van der Waals surface area contributed by atoms with Crippen LogP contribution in [-0.2, 0) is 9.53 Å². The second kappa shape index (κ2) is 4.30. The number of rotatable bonds is 3. The molecule has 0 aromatic rings. The molecule has 1 aliphatic carbocycles. The van der Waals surface area contributed by atoms with Crippen LogP contribution in [0.4, 0.5) is 0 Å². The molecule has 1 saturated heterocycles. The summed E-state index contributed by atoms with van der Waals surface area (Å²) >= 11 is 0. The van der Waals surface area contributed by atoms with Crippen molar-refractivity contribution in [3.8, 4) is 0 Å². The van der Waals surface area contributed by atoms with E-state index in [0.717, 1.165) is 18.4 Å². The number of hydrogen-bond donors (Lipinski definition) is 1. The number of hydrogen-bond acceptors (Lipinski definition) is 3. The zero-order valence-electron chi connectivity index (χ0n) is 8.79. The molecule has 80 valence electrons. The van der Waals surface area contributed by atoms with Gasteiger partial charge in [-0.1, -0.05) is 6.42 Å². The fourth-order valence-corrected chi connectivity index (χ4v) is 2.93. The molecule has 1 aliphatic heterocycles. The van der Waals surface area contributed by atoms with Crippen molar-refractivity contribution in [3.63, 3.8) is 0 Å². The number of fused-ring (bicyclic) bond motifs is 1. The Kier molecular flexibility index (Phi) is 3.06. The summed E-state index contributed by atoms with van der Waals surface area (Å²) in [5, 5.41) is 3.45. The van der Waals surface area contributed by atoms with Gasteiger partial charge in [0.1, 0.15) is 0 Å². The van der Waals surface area contributed by atoms with Crippen molar-refractivity contribution in [1.29, 1.82) is 0 Å². The lowest BCUT2D eigenvalue weighted by atomic mass is 9.92. The zero-order chi connectivity index (χ0) is 9.97.